The van der Waals surface area contributed by atoms with Gasteiger partial charge >= 0.3 is 0 Å². The molecule has 1 aromatic rings. The first kappa shape index (κ1) is 15.8. The van der Waals surface area contributed by atoms with Crippen LogP contribution in [0.15, 0.2) is 0 Å². The zero-order valence-corrected chi connectivity index (χ0v) is 12.7. The van der Waals surface area contributed by atoms with Gasteiger partial charge < -0.3 is 11.1 Å². The van der Waals surface area contributed by atoms with Gasteiger partial charge in [-0.05, 0) is 37.6 Å². The van der Waals surface area contributed by atoms with E-state index < -0.39 is 0 Å². The molecule has 1 rings (SSSR count). The van der Waals surface area contributed by atoms with E-state index in [2.05, 4.69) is 48.2 Å². The molecule has 3 N–H and O–H groups in total. The minimum Gasteiger partial charge on any atom is -0.352 e. The maximum Gasteiger partial charge on any atom is 0.242 e. The summed E-state index contributed by atoms with van der Waals surface area (Å²) in [6.45, 7) is 9.99. The zero-order chi connectivity index (χ0) is 14.3. The summed E-state index contributed by atoms with van der Waals surface area (Å²) in [7, 11) is 0. The van der Waals surface area contributed by atoms with Gasteiger partial charge in [0.05, 0.1) is 11.4 Å². The lowest BCUT2D eigenvalue weighted by Gasteiger charge is -2.30. The molecule has 0 bridgehead atoms. The van der Waals surface area contributed by atoms with Gasteiger partial charge in [0.15, 0.2) is 0 Å². The molecular weight excluding hydrogens is 238 g/mol. The minimum atomic E-state index is 0.124. The van der Waals surface area contributed by atoms with Crippen LogP contribution in [0, 0.1) is 5.41 Å². The minimum absolute atomic E-state index is 0.124. The number of anilines is 1. The number of nitrogens with two attached hydrogens (primary N) is 1. The predicted molar refractivity (Wildman–Crippen MR) is 79.1 cm³/mol. The highest BCUT2D eigenvalue weighted by atomic mass is 15.2. The van der Waals surface area contributed by atoms with Gasteiger partial charge in [0.2, 0.25) is 5.95 Å². The van der Waals surface area contributed by atoms with Crippen LogP contribution in [0.2, 0.25) is 0 Å². The van der Waals surface area contributed by atoms with Gasteiger partial charge in [-0.15, -0.1) is 5.10 Å². The molecule has 1 aromatic heterocycles. The molecule has 19 heavy (non-hydrogen) atoms. The summed E-state index contributed by atoms with van der Waals surface area (Å²) in [5, 5.41) is 11.7. The second-order valence-electron chi connectivity index (χ2n) is 5.00. The summed E-state index contributed by atoms with van der Waals surface area (Å²) in [4.78, 5) is 4.54. The second-order valence-corrected chi connectivity index (χ2v) is 5.00. The van der Waals surface area contributed by atoms with E-state index in [1.54, 1.807) is 0 Å². The van der Waals surface area contributed by atoms with Crippen molar-refractivity contribution in [2.24, 2.45) is 11.1 Å². The standard InChI is InChI=1S/C14H27N5/c1-5-11-12(6-2)18-19-13(17-11)16-10-14(7-3,8-4)9-15/h5-10,15H2,1-4H3,(H,16,17,19). The average molecular weight is 265 g/mol. The third kappa shape index (κ3) is 3.86. The van der Waals surface area contributed by atoms with Crippen LogP contribution in [0.4, 0.5) is 5.95 Å². The number of nitrogens with zero attached hydrogens (tertiary/aromatic N) is 3. The van der Waals surface area contributed by atoms with Gasteiger partial charge in [0.1, 0.15) is 0 Å². The van der Waals surface area contributed by atoms with Crippen LogP contribution in [0.3, 0.4) is 0 Å². The van der Waals surface area contributed by atoms with Crippen LogP contribution in [0.25, 0.3) is 0 Å². The van der Waals surface area contributed by atoms with Crippen LogP contribution in [-0.4, -0.2) is 28.3 Å². The highest BCUT2D eigenvalue weighted by molar-refractivity contribution is 5.26. The zero-order valence-electron chi connectivity index (χ0n) is 12.7. The van der Waals surface area contributed by atoms with Gasteiger partial charge in [0, 0.05) is 6.54 Å². The van der Waals surface area contributed by atoms with Crippen molar-refractivity contribution in [2.75, 3.05) is 18.4 Å². The highest BCUT2D eigenvalue weighted by Crippen LogP contribution is 2.24. The number of rotatable bonds is 8. The van der Waals surface area contributed by atoms with E-state index in [1.165, 1.54) is 0 Å². The van der Waals surface area contributed by atoms with Crippen LogP contribution < -0.4 is 11.1 Å². The van der Waals surface area contributed by atoms with Crippen LogP contribution in [-0.2, 0) is 12.8 Å². The summed E-state index contributed by atoms with van der Waals surface area (Å²) in [5.74, 6) is 0.619. The molecule has 5 nitrogen and oxygen atoms in total. The molecule has 108 valence electrons. The summed E-state index contributed by atoms with van der Waals surface area (Å²) in [6, 6.07) is 0. The van der Waals surface area contributed by atoms with E-state index >= 15 is 0 Å². The Hall–Kier alpha value is -1.23. The lowest BCUT2D eigenvalue weighted by molar-refractivity contribution is 0.294. The van der Waals surface area contributed by atoms with Gasteiger partial charge in [-0.2, -0.15) is 5.10 Å². The largest absolute Gasteiger partial charge is 0.352 e. The van der Waals surface area contributed by atoms with E-state index in [-0.39, 0.29) is 5.41 Å². The molecule has 0 aromatic carbocycles. The highest BCUT2D eigenvalue weighted by Gasteiger charge is 2.24. The van der Waals surface area contributed by atoms with Crippen molar-refractivity contribution in [3.8, 4) is 0 Å². The van der Waals surface area contributed by atoms with E-state index in [0.29, 0.717) is 12.5 Å². The maximum atomic E-state index is 5.90. The lowest BCUT2D eigenvalue weighted by Crippen LogP contribution is -2.36. The molecule has 0 radical (unpaired) electrons. The summed E-state index contributed by atoms with van der Waals surface area (Å²) < 4.78 is 0. The molecule has 0 aliphatic heterocycles. The number of aromatic nitrogens is 3. The Morgan fingerprint density at radius 1 is 1.00 bits per heavy atom. The van der Waals surface area contributed by atoms with Crippen LogP contribution in [0.5, 0.6) is 0 Å². The first-order valence-corrected chi connectivity index (χ1v) is 7.31. The smallest absolute Gasteiger partial charge is 0.242 e. The Morgan fingerprint density at radius 3 is 2.11 bits per heavy atom. The van der Waals surface area contributed by atoms with Crippen LogP contribution in [0.1, 0.15) is 51.9 Å². The number of nitrogens with one attached hydrogen (secondary N) is 1. The number of hydrogen-bond donors (Lipinski definition) is 2. The molecule has 0 unspecified atom stereocenters. The topological polar surface area (TPSA) is 76.7 Å². The molecule has 0 amide bonds. The van der Waals surface area contributed by atoms with Crippen molar-refractivity contribution in [2.45, 2.75) is 53.4 Å². The first-order chi connectivity index (χ1) is 9.14. The predicted octanol–water partition coefficient (Wildman–Crippen LogP) is 2.17. The Kier molecular flexibility index (Phi) is 6.15. The van der Waals surface area contributed by atoms with E-state index in [4.69, 9.17) is 5.73 Å². The molecule has 0 aliphatic carbocycles. The van der Waals surface area contributed by atoms with E-state index in [9.17, 15) is 0 Å². The fraction of sp³-hybridized carbons (Fsp3) is 0.786. The molecule has 0 atom stereocenters. The fourth-order valence-electron chi connectivity index (χ4n) is 2.14. The second kappa shape index (κ2) is 7.38. The molecular formula is C14H27N5. The van der Waals surface area contributed by atoms with Gasteiger partial charge in [-0.3, -0.25) is 0 Å². The van der Waals surface area contributed by atoms with Crippen LogP contribution >= 0.6 is 0 Å². The summed E-state index contributed by atoms with van der Waals surface area (Å²) in [5.41, 5.74) is 8.05. The SMILES string of the molecule is CCc1nnc(NCC(CC)(CC)CN)nc1CC. The van der Waals surface area contributed by atoms with Crippen molar-refractivity contribution < 1.29 is 0 Å². The lowest BCUT2D eigenvalue weighted by atomic mass is 9.82. The van der Waals surface area contributed by atoms with Crippen molar-refractivity contribution >= 4 is 5.95 Å². The van der Waals surface area contributed by atoms with Crippen molar-refractivity contribution in [3.05, 3.63) is 11.4 Å². The number of hydrogen-bond acceptors (Lipinski definition) is 5. The van der Waals surface area contributed by atoms with E-state index in [1.807, 2.05) is 0 Å². The fourth-order valence-corrected chi connectivity index (χ4v) is 2.14. The van der Waals surface area contributed by atoms with Crippen molar-refractivity contribution in [1.29, 1.82) is 0 Å². The maximum absolute atomic E-state index is 5.90. The molecule has 0 spiro atoms. The molecule has 0 saturated heterocycles. The third-order valence-electron chi connectivity index (χ3n) is 4.06. The Morgan fingerprint density at radius 2 is 1.63 bits per heavy atom. The normalized spacial score (nSPS) is 11.6. The molecule has 0 fully saturated rings. The Bertz CT molecular complexity index is 379. The third-order valence-corrected chi connectivity index (χ3v) is 4.06. The number of aryl methyl sites for hydroxylation is 2. The summed E-state index contributed by atoms with van der Waals surface area (Å²) in [6.07, 6.45) is 3.86. The van der Waals surface area contributed by atoms with Gasteiger partial charge in [-0.25, -0.2) is 4.98 Å². The summed E-state index contributed by atoms with van der Waals surface area (Å²) >= 11 is 0. The van der Waals surface area contributed by atoms with Crippen molar-refractivity contribution in [1.82, 2.24) is 15.2 Å². The van der Waals surface area contributed by atoms with Gasteiger partial charge in [0.25, 0.3) is 0 Å². The average Bonchev–Trinajstić information content (AvgIpc) is 2.49. The molecule has 0 saturated carbocycles. The molecule has 0 aliphatic rings. The Balaban J connectivity index is 2.77. The molecule has 5 heteroatoms. The Labute approximate surface area is 116 Å². The monoisotopic (exact) mass is 265 g/mol. The van der Waals surface area contributed by atoms with Crippen molar-refractivity contribution in [3.63, 3.8) is 0 Å². The van der Waals surface area contributed by atoms with Gasteiger partial charge in [-0.1, -0.05) is 27.7 Å². The van der Waals surface area contributed by atoms with E-state index in [0.717, 1.165) is 43.6 Å². The molecule has 1 heterocycles. The quantitative estimate of drug-likeness (QED) is 0.753. The first-order valence-electron chi connectivity index (χ1n) is 7.31.